The van der Waals surface area contributed by atoms with Gasteiger partial charge in [0.25, 0.3) is 27.7 Å². The van der Waals surface area contributed by atoms with Gasteiger partial charge in [0.2, 0.25) is 0 Å². The molecule has 2 aliphatic carbocycles. The molecule has 10 rings (SSSR count). The Morgan fingerprint density at radius 3 is 2.37 bits per heavy atom. The molecule has 3 aromatic heterocycles. The average molecular weight is 1090 g/mol. The number of quaternary nitrogens is 1. The van der Waals surface area contributed by atoms with Crippen molar-refractivity contribution in [3.63, 3.8) is 0 Å². The smallest absolute Gasteiger partial charge is 0.268 e. The summed E-state index contributed by atoms with van der Waals surface area (Å²) in [4.78, 5) is 46.2. The number of fused-ring (bicyclic) bond motifs is 1. The molecule has 2 aliphatic heterocycles. The Kier molecular flexibility index (Phi) is 15.5. The number of nitrogens with zero attached hydrogens (tertiary/aromatic N) is 5. The van der Waals surface area contributed by atoms with Crippen molar-refractivity contribution in [2.75, 3.05) is 70.8 Å². The van der Waals surface area contributed by atoms with Crippen molar-refractivity contribution < 1.29 is 46.8 Å². The number of benzene rings is 3. The van der Waals surface area contributed by atoms with Crippen molar-refractivity contribution in [3.05, 3.63) is 125 Å². The first-order valence-electron chi connectivity index (χ1n) is 26.9. The number of pyridine rings is 2. The van der Waals surface area contributed by atoms with Gasteiger partial charge in [0.1, 0.15) is 27.9 Å². The van der Waals surface area contributed by atoms with Crippen molar-refractivity contribution >= 4 is 50.1 Å². The van der Waals surface area contributed by atoms with Gasteiger partial charge in [-0.15, -0.1) is 0 Å². The van der Waals surface area contributed by atoms with Crippen LogP contribution >= 0.6 is 0 Å². The summed E-state index contributed by atoms with van der Waals surface area (Å²) in [6, 6.07) is 23.8. The number of ether oxygens (including phenoxy) is 3. The first kappa shape index (κ1) is 54.5. The molecule has 414 valence electrons. The second-order valence-corrected chi connectivity index (χ2v) is 23.9. The molecule has 4 fully saturated rings. The normalized spacial score (nSPS) is 21.3. The number of aliphatic hydroxyl groups is 1. The Morgan fingerprint density at radius 1 is 0.949 bits per heavy atom. The van der Waals surface area contributed by atoms with Crippen LogP contribution in [0.1, 0.15) is 116 Å². The minimum Gasteiger partial charge on any atom is -0.629 e. The number of aromatic amines is 1. The van der Waals surface area contributed by atoms with Crippen LogP contribution in [0.3, 0.4) is 0 Å². The van der Waals surface area contributed by atoms with Crippen molar-refractivity contribution in [1.29, 1.82) is 0 Å². The molecule has 0 bridgehead atoms. The molecule has 18 nitrogen and oxygen atoms in total. The lowest BCUT2D eigenvalue weighted by atomic mass is 9.59. The van der Waals surface area contributed by atoms with Crippen molar-refractivity contribution in [1.82, 2.24) is 29.5 Å². The molecule has 6 aromatic rings. The molecule has 2 amide bonds. The number of rotatable bonds is 16. The van der Waals surface area contributed by atoms with E-state index in [1.165, 1.54) is 43.5 Å². The van der Waals surface area contributed by atoms with Gasteiger partial charge >= 0.3 is 0 Å². The second kappa shape index (κ2) is 22.1. The largest absolute Gasteiger partial charge is 0.629 e. The molecule has 2 saturated heterocycles. The summed E-state index contributed by atoms with van der Waals surface area (Å²) < 4.78 is 62.4. The van der Waals surface area contributed by atoms with Gasteiger partial charge in [0.05, 0.1) is 50.1 Å². The number of aromatic nitrogens is 3. The van der Waals surface area contributed by atoms with Gasteiger partial charge in [-0.3, -0.25) is 14.5 Å². The number of halogens is 1. The van der Waals surface area contributed by atoms with E-state index >= 15 is 0 Å². The number of carbonyl (C=O) groups excluding carboxylic acids is 2. The second-order valence-electron chi connectivity index (χ2n) is 22.3. The Bertz CT molecular complexity index is 3270. The number of hydrogen-bond donors (Lipinski definition) is 5. The molecule has 78 heavy (non-hydrogen) atoms. The molecule has 5 heterocycles. The van der Waals surface area contributed by atoms with Crippen LogP contribution < -0.4 is 34.2 Å². The zero-order valence-electron chi connectivity index (χ0n) is 45.1. The van der Waals surface area contributed by atoms with Gasteiger partial charge < -0.3 is 49.7 Å². The quantitative estimate of drug-likeness (QED) is 0.0579. The number of amides is 2. The first-order valence-corrected chi connectivity index (χ1v) is 28.4. The average Bonchev–Trinajstić information content (AvgIpc) is 3.90. The molecule has 20 heteroatoms. The Balaban J connectivity index is 0.860. The van der Waals surface area contributed by atoms with Crippen LogP contribution in [0.25, 0.3) is 11.0 Å². The third kappa shape index (κ3) is 11.4. The van der Waals surface area contributed by atoms with E-state index in [1.54, 1.807) is 19.2 Å². The third-order valence-electron chi connectivity index (χ3n) is 16.7. The number of piperidine rings is 1. The predicted octanol–water partition coefficient (Wildman–Crippen LogP) is 8.09. The lowest BCUT2D eigenvalue weighted by molar-refractivity contribution is -0.751. The maximum Gasteiger partial charge on any atom is 0.268 e. The fraction of sp³-hybridized carbons (Fsp3) is 0.448. The maximum absolute atomic E-state index is 14.9. The van der Waals surface area contributed by atoms with Crippen molar-refractivity contribution in [2.45, 2.75) is 101 Å². The SMILES string of the molecule is COc1ccc(C(=O)N2CCN(C3CC4(CCN(c5ccc(C(=O)NS(=O)(=O)c6cnc(NC[C@H]7CC[C@](C)(O)CC7)c([NH+](C)[O-])c6)c(Oc6cc7c(F)c[nH]c7nc6OC)c5)CC4)C3)[C@H](c3ccccc3C(C)C)C2)cc1. The fourth-order valence-electron chi connectivity index (χ4n) is 12.1. The Morgan fingerprint density at radius 2 is 1.68 bits per heavy atom. The van der Waals surface area contributed by atoms with Crippen LogP contribution in [0.5, 0.6) is 23.1 Å². The number of nitrogens with one attached hydrogen (secondary N) is 4. The number of anilines is 2. The highest BCUT2D eigenvalue weighted by molar-refractivity contribution is 7.90. The maximum atomic E-state index is 14.9. The minimum atomic E-state index is -4.61. The standard InChI is InChI=1S/C58H70FN9O9S/c1-36(2)43-9-7-8-10-44(43)49-35-67(56(70)38-11-14-41(75-5)15-12-38)25-26-68(49)40-30-58(31-40)21-23-66(24-22-58)39-13-16-45(50(27-39)77-51-29-46-47(59)34-62-52(46)63-55(51)76-6)54(69)64-78(73,74)42-28-48(65(4)72)53(61-33-42)60-32-37-17-19-57(3,71)20-18-37/h7-16,27-29,33-34,36-37,40,49,65,71H,17-26,30-32,35H2,1-6H3,(H,60,61)(H,62,63)(H,64,69)/t37-,49-,57-/m0/s1. The van der Waals surface area contributed by atoms with E-state index in [0.29, 0.717) is 68.8 Å². The van der Waals surface area contributed by atoms with Crippen LogP contribution in [0.15, 0.2) is 96.2 Å². The van der Waals surface area contributed by atoms with Gasteiger partial charge in [-0.05, 0) is 123 Å². The predicted molar refractivity (Wildman–Crippen MR) is 295 cm³/mol. The van der Waals surface area contributed by atoms with Crippen LogP contribution in [-0.2, 0) is 10.0 Å². The summed E-state index contributed by atoms with van der Waals surface area (Å²) in [5.74, 6) is -0.143. The van der Waals surface area contributed by atoms with Crippen LogP contribution in [0, 0.1) is 22.4 Å². The van der Waals surface area contributed by atoms with Crippen LogP contribution in [0.4, 0.5) is 21.6 Å². The van der Waals surface area contributed by atoms with Gasteiger partial charge in [0, 0.05) is 81.0 Å². The fourth-order valence-corrected chi connectivity index (χ4v) is 13.0. The van der Waals surface area contributed by atoms with Gasteiger partial charge in [-0.2, -0.15) is 4.98 Å². The minimum absolute atomic E-state index is 0.000245. The topological polar surface area (TPSA) is 219 Å². The van der Waals surface area contributed by atoms with Crippen molar-refractivity contribution in [3.8, 4) is 23.1 Å². The molecular formula is C58H70FN9O9S. The van der Waals surface area contributed by atoms with Gasteiger partial charge in [-0.25, -0.2) is 22.5 Å². The van der Waals surface area contributed by atoms with E-state index in [1.807, 2.05) is 36.1 Å². The molecule has 1 unspecified atom stereocenters. The highest BCUT2D eigenvalue weighted by Gasteiger charge is 2.50. The van der Waals surface area contributed by atoms with Gasteiger partial charge in [-0.1, -0.05) is 38.1 Å². The molecule has 5 N–H and O–H groups in total. The number of H-pyrrole nitrogens is 1. The summed E-state index contributed by atoms with van der Waals surface area (Å²) in [6.07, 6.45) is 9.01. The van der Waals surface area contributed by atoms with E-state index in [0.717, 1.165) is 63.2 Å². The zero-order chi connectivity index (χ0) is 55.1. The number of methoxy groups -OCH3 is 2. The Labute approximate surface area is 454 Å². The summed E-state index contributed by atoms with van der Waals surface area (Å²) in [7, 11) is -0.299. The van der Waals surface area contributed by atoms with E-state index in [9.17, 15) is 32.7 Å². The molecular weight excluding hydrogens is 1020 g/mol. The van der Waals surface area contributed by atoms with Crippen LogP contribution in [-0.4, -0.2) is 122 Å². The van der Waals surface area contributed by atoms with Gasteiger partial charge in [0.15, 0.2) is 17.3 Å². The monoisotopic (exact) mass is 1090 g/mol. The molecule has 2 atom stereocenters. The van der Waals surface area contributed by atoms with E-state index < -0.39 is 37.3 Å². The lowest BCUT2D eigenvalue weighted by Crippen LogP contribution is -2.98. The number of piperazine rings is 1. The Hall–Kier alpha value is -6.84. The van der Waals surface area contributed by atoms with Crippen molar-refractivity contribution in [2.24, 2.45) is 11.3 Å². The van der Waals surface area contributed by atoms with E-state index in [4.69, 9.17) is 14.2 Å². The number of hydroxylamine groups is 1. The molecule has 1 spiro atoms. The summed E-state index contributed by atoms with van der Waals surface area (Å²) >= 11 is 0. The molecule has 4 aliphatic rings. The summed E-state index contributed by atoms with van der Waals surface area (Å²) in [5.41, 5.74) is 3.46. The number of carbonyl (C=O) groups is 2. The highest BCUT2D eigenvalue weighted by Crippen LogP contribution is 2.53. The zero-order valence-corrected chi connectivity index (χ0v) is 45.9. The molecule has 3 aromatic carbocycles. The lowest BCUT2D eigenvalue weighted by Gasteiger charge is -2.58. The summed E-state index contributed by atoms with van der Waals surface area (Å²) in [5, 5.41) is 26.2. The number of hydrogen-bond acceptors (Lipinski definition) is 14. The highest BCUT2D eigenvalue weighted by atomic mass is 32.2. The van der Waals surface area contributed by atoms with Crippen LogP contribution in [0.2, 0.25) is 0 Å². The molecule has 0 radical (unpaired) electrons. The van der Waals surface area contributed by atoms with E-state index in [2.05, 4.69) is 72.9 Å². The first-order chi connectivity index (χ1) is 37.3. The molecule has 2 saturated carbocycles. The summed E-state index contributed by atoms with van der Waals surface area (Å²) in [6.45, 7) is 10.1. The third-order valence-corrected chi connectivity index (χ3v) is 18.0. The number of sulfonamides is 1. The van der Waals surface area contributed by atoms with E-state index in [-0.39, 0.29) is 68.8 Å².